The van der Waals surface area contributed by atoms with Crippen molar-refractivity contribution in [2.45, 2.75) is 19.0 Å². The number of hydrogen-bond acceptors (Lipinski definition) is 4. The lowest BCUT2D eigenvalue weighted by Gasteiger charge is -2.35. The van der Waals surface area contributed by atoms with Gasteiger partial charge in [-0.3, -0.25) is 0 Å². The third-order valence-electron chi connectivity index (χ3n) is 10.1. The Hall–Kier alpha value is -5.80. The number of rotatable bonds is 7. The second-order valence-corrected chi connectivity index (χ2v) is 14.2. The normalized spacial score (nSPS) is 12.9. The highest BCUT2D eigenvalue weighted by atomic mass is 31.1. The summed E-state index contributed by atoms with van der Waals surface area (Å²) in [5, 5.41) is 8.94. The van der Waals surface area contributed by atoms with Gasteiger partial charge in [-0.15, -0.1) is 0 Å². The summed E-state index contributed by atoms with van der Waals surface area (Å²) < 4.78 is 23.3. The van der Waals surface area contributed by atoms with Gasteiger partial charge in [-0.25, -0.2) is 0 Å². The van der Waals surface area contributed by atoms with Crippen LogP contribution in [0.2, 0.25) is 0 Å². The predicted octanol–water partition coefficient (Wildman–Crippen LogP) is 13.2. The summed E-state index contributed by atoms with van der Waals surface area (Å²) in [4.78, 5) is 0. The highest BCUT2D eigenvalue weighted by Gasteiger charge is 2.36. The Labute approximate surface area is 297 Å². The minimum absolute atomic E-state index is 0.128. The molecular formula is C46H36NO3P. The van der Waals surface area contributed by atoms with E-state index < -0.39 is 8.16 Å². The molecular weight excluding hydrogens is 645 g/mol. The standard InChI is InChI=1S/C46H36NO3P/c1-31(32-15-5-3-6-16-32)47(46(36-20-7-4-8-21-36)45-39-24-14-11-19-35(39)25-28-40(45)48-2)51-49-41-29-26-33-17-9-12-22-37(33)43(41)44-38-23-13-10-18-34(38)27-30-42(44)50-51/h3-31,46H,1-2H3/t31-,46-/m1/s1. The number of nitrogens with zero attached hydrogens (tertiary/aromatic N) is 1. The van der Waals surface area contributed by atoms with Crippen molar-refractivity contribution in [2.75, 3.05) is 11.8 Å². The average Bonchev–Trinajstić information content (AvgIpc) is 3.37. The second-order valence-electron chi connectivity index (χ2n) is 12.9. The topological polar surface area (TPSA) is 38.8 Å². The molecule has 9 aromatic rings. The van der Waals surface area contributed by atoms with E-state index in [0.717, 1.165) is 76.7 Å². The fourth-order valence-electron chi connectivity index (χ4n) is 7.62. The Morgan fingerprint density at radius 1 is 0.490 bits per heavy atom. The lowest BCUT2D eigenvalue weighted by Crippen LogP contribution is -2.30. The first kappa shape index (κ1) is 31.2. The molecule has 0 fully saturated rings. The van der Waals surface area contributed by atoms with Crippen molar-refractivity contribution < 1.29 is 13.1 Å². The van der Waals surface area contributed by atoms with Crippen LogP contribution in [-0.2, 0) is 0 Å². The summed E-state index contributed by atoms with van der Waals surface area (Å²) in [5.74, 6) is 0.815. The largest absolute Gasteiger partial charge is 0.496 e. The monoisotopic (exact) mass is 681 g/mol. The van der Waals surface area contributed by atoms with Crippen LogP contribution in [0.1, 0.15) is 35.7 Å². The quantitative estimate of drug-likeness (QED) is 0.168. The number of hydrogen-bond donors (Lipinski definition) is 0. The van der Waals surface area contributed by atoms with Crippen molar-refractivity contribution in [3.8, 4) is 5.75 Å². The number of methoxy groups -OCH3 is 1. The Balaban J connectivity index is 1.45. The Morgan fingerprint density at radius 3 is 1.49 bits per heavy atom. The minimum Gasteiger partial charge on any atom is -0.496 e. The van der Waals surface area contributed by atoms with Gasteiger partial charge < -0.3 is 13.1 Å². The highest BCUT2D eigenvalue weighted by Crippen LogP contribution is 2.52. The second kappa shape index (κ2) is 13.2. The van der Waals surface area contributed by atoms with Gasteiger partial charge in [0.1, 0.15) is 16.9 Å². The van der Waals surface area contributed by atoms with Gasteiger partial charge in [0.25, 0.3) is 0 Å². The van der Waals surface area contributed by atoms with Crippen molar-refractivity contribution in [3.63, 3.8) is 0 Å². The Kier molecular flexibility index (Phi) is 8.05. The summed E-state index contributed by atoms with van der Waals surface area (Å²) in [6, 6.07) is 59.3. The predicted molar refractivity (Wildman–Crippen MR) is 213 cm³/mol. The van der Waals surface area contributed by atoms with Gasteiger partial charge in [-0.2, -0.15) is 4.67 Å². The SMILES string of the molecule is COc1ccc2ccccc2c1[C@@H](c1ccccc1)N([C@H](C)c1ccccc1)p1oc2ccc3ccccc3c2c2c(ccc3ccccc32)o1. The first-order valence-electron chi connectivity index (χ1n) is 17.3. The van der Waals surface area contributed by atoms with Crippen molar-refractivity contribution in [2.24, 2.45) is 0 Å². The van der Waals surface area contributed by atoms with E-state index in [1.54, 1.807) is 7.11 Å². The molecule has 0 aliphatic carbocycles. The van der Waals surface area contributed by atoms with Crippen molar-refractivity contribution in [1.29, 1.82) is 0 Å². The zero-order chi connectivity index (χ0) is 34.3. The number of fused-ring (bicyclic) bond motifs is 8. The summed E-state index contributed by atoms with van der Waals surface area (Å²) >= 11 is 0. The molecule has 4 nitrogen and oxygen atoms in total. The molecule has 0 aliphatic heterocycles. The first-order chi connectivity index (χ1) is 25.2. The lowest BCUT2D eigenvalue weighted by atomic mass is 9.91. The van der Waals surface area contributed by atoms with Crippen LogP contribution < -0.4 is 9.41 Å². The average molecular weight is 682 g/mol. The number of ether oxygens (including phenoxy) is 1. The molecule has 1 heterocycles. The van der Waals surface area contributed by atoms with Gasteiger partial charge in [0.15, 0.2) is 0 Å². The summed E-state index contributed by atoms with van der Waals surface area (Å²) in [6.45, 7) is 2.26. The van der Waals surface area contributed by atoms with Gasteiger partial charge in [0.2, 0.25) is 0 Å². The maximum Gasteiger partial charge on any atom is 0.311 e. The molecule has 9 rings (SSSR count). The van der Waals surface area contributed by atoms with Crippen LogP contribution in [0.25, 0.3) is 54.3 Å². The fraction of sp³-hybridized carbons (Fsp3) is 0.0870. The van der Waals surface area contributed by atoms with Crippen LogP contribution in [0.3, 0.4) is 0 Å². The highest BCUT2D eigenvalue weighted by molar-refractivity contribution is 7.39. The van der Waals surface area contributed by atoms with Crippen LogP contribution in [-0.4, -0.2) is 7.11 Å². The maximum atomic E-state index is 7.34. The molecule has 0 spiro atoms. The molecule has 51 heavy (non-hydrogen) atoms. The summed E-state index contributed by atoms with van der Waals surface area (Å²) in [7, 11) is -0.0331. The van der Waals surface area contributed by atoms with Gasteiger partial charge in [0, 0.05) is 22.4 Å². The minimum atomic E-state index is -1.79. The fourth-order valence-corrected chi connectivity index (χ4v) is 9.34. The zero-order valence-corrected chi connectivity index (χ0v) is 29.3. The molecule has 0 bridgehead atoms. The Morgan fingerprint density at radius 2 is 0.941 bits per heavy atom. The van der Waals surface area contributed by atoms with Gasteiger partial charge in [-0.05, 0) is 68.6 Å². The molecule has 2 atom stereocenters. The third kappa shape index (κ3) is 5.45. The lowest BCUT2D eigenvalue weighted by molar-refractivity contribution is 0.407. The summed E-state index contributed by atoms with van der Waals surface area (Å²) in [5.41, 5.74) is 4.95. The van der Waals surface area contributed by atoms with E-state index in [4.69, 9.17) is 13.1 Å². The van der Waals surface area contributed by atoms with E-state index >= 15 is 0 Å². The number of benzene rings is 8. The van der Waals surface area contributed by atoms with E-state index in [1.807, 2.05) is 0 Å². The van der Waals surface area contributed by atoms with E-state index in [1.165, 1.54) is 0 Å². The third-order valence-corrected chi connectivity index (χ3v) is 11.7. The van der Waals surface area contributed by atoms with E-state index in [0.29, 0.717) is 0 Å². The molecule has 0 radical (unpaired) electrons. The van der Waals surface area contributed by atoms with E-state index in [2.05, 4.69) is 181 Å². The van der Waals surface area contributed by atoms with Crippen molar-refractivity contribution in [3.05, 3.63) is 187 Å². The van der Waals surface area contributed by atoms with Crippen LogP contribution in [0, 0.1) is 0 Å². The molecule has 1 aromatic heterocycles. The maximum absolute atomic E-state index is 7.34. The molecule has 8 aromatic carbocycles. The first-order valence-corrected chi connectivity index (χ1v) is 18.5. The van der Waals surface area contributed by atoms with Crippen LogP contribution in [0.5, 0.6) is 5.75 Å². The molecule has 0 saturated heterocycles. The van der Waals surface area contributed by atoms with Gasteiger partial charge in [-0.1, -0.05) is 152 Å². The van der Waals surface area contributed by atoms with Crippen LogP contribution in [0.15, 0.2) is 178 Å². The molecule has 248 valence electrons. The van der Waals surface area contributed by atoms with Gasteiger partial charge in [0.05, 0.1) is 13.2 Å². The van der Waals surface area contributed by atoms with Crippen molar-refractivity contribution >= 4 is 62.4 Å². The van der Waals surface area contributed by atoms with Crippen molar-refractivity contribution in [1.82, 2.24) is 0 Å². The Bertz CT molecular complexity index is 2630. The molecule has 0 N–H and O–H groups in total. The summed E-state index contributed by atoms with van der Waals surface area (Å²) in [6.07, 6.45) is 0. The molecule has 5 heteroatoms. The van der Waals surface area contributed by atoms with Crippen LogP contribution >= 0.6 is 8.16 Å². The molecule has 0 saturated carbocycles. The van der Waals surface area contributed by atoms with E-state index in [-0.39, 0.29) is 12.1 Å². The van der Waals surface area contributed by atoms with E-state index in [9.17, 15) is 0 Å². The zero-order valence-electron chi connectivity index (χ0n) is 28.4. The van der Waals surface area contributed by atoms with Gasteiger partial charge >= 0.3 is 8.16 Å². The smallest absolute Gasteiger partial charge is 0.311 e. The molecule has 0 amide bonds. The van der Waals surface area contributed by atoms with Crippen LogP contribution in [0.4, 0.5) is 0 Å². The molecule has 0 unspecified atom stereocenters. The molecule has 0 aliphatic rings.